The van der Waals surface area contributed by atoms with Gasteiger partial charge in [-0.1, -0.05) is 22.0 Å². The molecule has 0 amide bonds. The van der Waals surface area contributed by atoms with Crippen LogP contribution in [0.2, 0.25) is 0 Å². The molecule has 0 saturated heterocycles. The van der Waals surface area contributed by atoms with Crippen LogP contribution in [0.1, 0.15) is 22.6 Å². The second-order valence-corrected chi connectivity index (χ2v) is 5.44. The standard InChI is InChI=1S/C15H18BrNO2/c1-10-4-5-13(16)7-15(10)18-9-14-6-12(8-17-3)11(2)19-14/h4-7,17H,8-9H2,1-3H3. The average Bonchev–Trinajstić information content (AvgIpc) is 2.72. The first-order valence-corrected chi connectivity index (χ1v) is 7.01. The Hall–Kier alpha value is -1.26. The molecule has 0 saturated carbocycles. The number of rotatable bonds is 5. The second-order valence-electron chi connectivity index (χ2n) is 4.52. The van der Waals surface area contributed by atoms with Crippen molar-refractivity contribution < 1.29 is 9.15 Å². The van der Waals surface area contributed by atoms with E-state index in [1.165, 1.54) is 5.56 Å². The van der Waals surface area contributed by atoms with Gasteiger partial charge in [0.25, 0.3) is 0 Å². The average molecular weight is 324 g/mol. The molecule has 0 aliphatic rings. The number of aryl methyl sites for hydroxylation is 2. The first-order valence-electron chi connectivity index (χ1n) is 6.22. The summed E-state index contributed by atoms with van der Waals surface area (Å²) in [5.41, 5.74) is 2.29. The van der Waals surface area contributed by atoms with E-state index in [4.69, 9.17) is 9.15 Å². The van der Waals surface area contributed by atoms with Gasteiger partial charge in [-0.3, -0.25) is 0 Å². The van der Waals surface area contributed by atoms with Crippen LogP contribution in [0.25, 0.3) is 0 Å². The zero-order chi connectivity index (χ0) is 13.8. The Morgan fingerprint density at radius 2 is 2.05 bits per heavy atom. The lowest BCUT2D eigenvalue weighted by atomic mass is 10.2. The van der Waals surface area contributed by atoms with Crippen molar-refractivity contribution in [2.75, 3.05) is 7.05 Å². The molecule has 0 aliphatic heterocycles. The molecule has 1 aromatic carbocycles. The Labute approximate surface area is 122 Å². The molecule has 4 heteroatoms. The highest BCUT2D eigenvalue weighted by Crippen LogP contribution is 2.24. The molecule has 0 fully saturated rings. The molecule has 3 nitrogen and oxygen atoms in total. The lowest BCUT2D eigenvalue weighted by Gasteiger charge is -2.07. The lowest BCUT2D eigenvalue weighted by molar-refractivity contribution is 0.266. The Kier molecular flexibility index (Phi) is 4.66. The fourth-order valence-electron chi connectivity index (χ4n) is 1.90. The van der Waals surface area contributed by atoms with Gasteiger partial charge in [0.05, 0.1) is 0 Å². The molecular formula is C15H18BrNO2. The van der Waals surface area contributed by atoms with E-state index in [1.807, 2.05) is 45.2 Å². The van der Waals surface area contributed by atoms with E-state index in [-0.39, 0.29) is 0 Å². The summed E-state index contributed by atoms with van der Waals surface area (Å²) in [5.74, 6) is 2.67. The topological polar surface area (TPSA) is 34.4 Å². The third kappa shape index (κ3) is 3.61. The molecule has 1 N–H and O–H groups in total. The van der Waals surface area contributed by atoms with Gasteiger partial charge in [-0.25, -0.2) is 0 Å². The van der Waals surface area contributed by atoms with Crippen LogP contribution in [0, 0.1) is 13.8 Å². The van der Waals surface area contributed by atoms with E-state index in [0.717, 1.165) is 33.9 Å². The summed E-state index contributed by atoms with van der Waals surface area (Å²) in [6, 6.07) is 8.04. The molecule has 0 radical (unpaired) electrons. The van der Waals surface area contributed by atoms with Crippen LogP contribution >= 0.6 is 15.9 Å². The van der Waals surface area contributed by atoms with E-state index in [0.29, 0.717) is 6.61 Å². The fraction of sp³-hybridized carbons (Fsp3) is 0.333. The Balaban J connectivity index is 2.06. The number of halogens is 1. The summed E-state index contributed by atoms with van der Waals surface area (Å²) < 4.78 is 12.5. The summed E-state index contributed by atoms with van der Waals surface area (Å²) in [6.07, 6.45) is 0. The molecule has 0 aliphatic carbocycles. The highest BCUT2D eigenvalue weighted by molar-refractivity contribution is 9.10. The maximum atomic E-state index is 5.81. The zero-order valence-electron chi connectivity index (χ0n) is 11.4. The maximum Gasteiger partial charge on any atom is 0.146 e. The van der Waals surface area contributed by atoms with Crippen LogP contribution in [-0.4, -0.2) is 7.05 Å². The number of hydrogen-bond acceptors (Lipinski definition) is 3. The first kappa shape index (κ1) is 14.2. The van der Waals surface area contributed by atoms with Gasteiger partial charge in [0.2, 0.25) is 0 Å². The highest BCUT2D eigenvalue weighted by atomic mass is 79.9. The molecule has 0 spiro atoms. The van der Waals surface area contributed by atoms with E-state index in [1.54, 1.807) is 0 Å². The van der Waals surface area contributed by atoms with Crippen molar-refractivity contribution in [3.05, 3.63) is 51.4 Å². The van der Waals surface area contributed by atoms with Gasteiger partial charge in [-0.05, 0) is 44.7 Å². The molecule has 2 rings (SSSR count). The van der Waals surface area contributed by atoms with Crippen LogP contribution in [0.15, 0.2) is 33.2 Å². The summed E-state index contributed by atoms with van der Waals surface area (Å²) in [6.45, 7) is 5.26. The van der Waals surface area contributed by atoms with Crippen molar-refractivity contribution in [2.24, 2.45) is 0 Å². The molecular weight excluding hydrogens is 306 g/mol. The van der Waals surface area contributed by atoms with Crippen molar-refractivity contribution >= 4 is 15.9 Å². The van der Waals surface area contributed by atoms with Gasteiger partial charge in [0.1, 0.15) is 23.9 Å². The van der Waals surface area contributed by atoms with Gasteiger partial charge < -0.3 is 14.5 Å². The minimum atomic E-state index is 0.446. The summed E-state index contributed by atoms with van der Waals surface area (Å²) in [7, 11) is 1.92. The molecule has 1 aromatic heterocycles. The SMILES string of the molecule is CNCc1cc(COc2cc(Br)ccc2C)oc1C. The Morgan fingerprint density at radius 3 is 2.79 bits per heavy atom. The lowest BCUT2D eigenvalue weighted by Crippen LogP contribution is -2.04. The smallest absolute Gasteiger partial charge is 0.146 e. The predicted molar refractivity (Wildman–Crippen MR) is 79.4 cm³/mol. The molecule has 2 aromatic rings. The number of ether oxygens (including phenoxy) is 1. The van der Waals surface area contributed by atoms with Crippen molar-refractivity contribution in [2.45, 2.75) is 27.0 Å². The van der Waals surface area contributed by atoms with Crippen LogP contribution < -0.4 is 10.1 Å². The van der Waals surface area contributed by atoms with Gasteiger partial charge in [0.15, 0.2) is 0 Å². The normalized spacial score (nSPS) is 10.7. The molecule has 0 atom stereocenters. The number of hydrogen-bond donors (Lipinski definition) is 1. The maximum absolute atomic E-state index is 5.81. The van der Waals surface area contributed by atoms with Gasteiger partial charge in [0, 0.05) is 16.6 Å². The van der Waals surface area contributed by atoms with Crippen molar-refractivity contribution in [3.63, 3.8) is 0 Å². The predicted octanol–water partition coefficient (Wildman–Crippen LogP) is 3.96. The van der Waals surface area contributed by atoms with Crippen molar-refractivity contribution in [3.8, 4) is 5.75 Å². The quantitative estimate of drug-likeness (QED) is 0.904. The van der Waals surface area contributed by atoms with Crippen molar-refractivity contribution in [1.29, 1.82) is 0 Å². The van der Waals surface area contributed by atoms with Crippen LogP contribution in [0.5, 0.6) is 5.75 Å². The largest absolute Gasteiger partial charge is 0.485 e. The van der Waals surface area contributed by atoms with Crippen LogP contribution in [0.4, 0.5) is 0 Å². The van der Waals surface area contributed by atoms with Gasteiger partial charge in [-0.2, -0.15) is 0 Å². The van der Waals surface area contributed by atoms with Crippen LogP contribution in [0.3, 0.4) is 0 Å². The minimum absolute atomic E-state index is 0.446. The molecule has 0 unspecified atom stereocenters. The molecule has 19 heavy (non-hydrogen) atoms. The van der Waals surface area contributed by atoms with E-state index >= 15 is 0 Å². The fourth-order valence-corrected chi connectivity index (χ4v) is 2.24. The number of nitrogens with one attached hydrogen (secondary N) is 1. The number of furan rings is 1. The monoisotopic (exact) mass is 323 g/mol. The number of benzene rings is 1. The molecule has 0 bridgehead atoms. The highest BCUT2D eigenvalue weighted by Gasteiger charge is 2.08. The summed E-state index contributed by atoms with van der Waals surface area (Å²) in [5, 5.41) is 3.12. The Morgan fingerprint density at radius 1 is 1.26 bits per heavy atom. The molecule has 102 valence electrons. The van der Waals surface area contributed by atoms with E-state index < -0.39 is 0 Å². The zero-order valence-corrected chi connectivity index (χ0v) is 13.0. The third-order valence-electron chi connectivity index (χ3n) is 2.96. The summed E-state index contributed by atoms with van der Waals surface area (Å²) in [4.78, 5) is 0. The molecule has 1 heterocycles. The van der Waals surface area contributed by atoms with Gasteiger partial charge >= 0.3 is 0 Å². The van der Waals surface area contributed by atoms with E-state index in [2.05, 4.69) is 21.2 Å². The first-order chi connectivity index (χ1) is 9.10. The van der Waals surface area contributed by atoms with E-state index in [9.17, 15) is 0 Å². The third-order valence-corrected chi connectivity index (χ3v) is 3.45. The second kappa shape index (κ2) is 6.26. The van der Waals surface area contributed by atoms with Gasteiger partial charge in [-0.15, -0.1) is 0 Å². The van der Waals surface area contributed by atoms with Crippen molar-refractivity contribution in [1.82, 2.24) is 5.32 Å². The van der Waals surface area contributed by atoms with Crippen LogP contribution in [-0.2, 0) is 13.2 Å². The minimum Gasteiger partial charge on any atom is -0.485 e. The Bertz CT molecular complexity index is 563. The summed E-state index contributed by atoms with van der Waals surface area (Å²) >= 11 is 3.45.